The second-order valence-electron chi connectivity index (χ2n) is 25.1. The molecule has 5 heterocycles. The van der Waals surface area contributed by atoms with Gasteiger partial charge in [-0.15, -0.1) is 0 Å². The molecule has 0 bridgehead atoms. The van der Waals surface area contributed by atoms with Crippen LogP contribution in [-0.4, -0.2) is 4.98 Å². The highest BCUT2D eigenvalue weighted by atomic mass is 14.9. The van der Waals surface area contributed by atoms with Crippen molar-refractivity contribution in [2.45, 2.75) is 107 Å². The molecule has 5 heteroatoms. The molecule has 0 N–H and O–H groups in total. The Balaban J connectivity index is 0.000000152. The van der Waals surface area contributed by atoms with Crippen molar-refractivity contribution in [1.29, 1.82) is 0 Å². The van der Waals surface area contributed by atoms with Crippen LogP contribution in [0.25, 0.3) is 89.7 Å². The van der Waals surface area contributed by atoms with Gasteiger partial charge in [-0.25, -0.2) is 18.3 Å². The van der Waals surface area contributed by atoms with Crippen molar-refractivity contribution in [2.24, 2.45) is 28.2 Å². The van der Waals surface area contributed by atoms with Gasteiger partial charge in [-0.2, -0.15) is 0 Å². The number of nitrogens with zero attached hydrogens (tertiary/aromatic N) is 5. The van der Waals surface area contributed by atoms with Gasteiger partial charge in [0.1, 0.15) is 28.2 Å². The second-order valence-corrected chi connectivity index (χ2v) is 25.1. The molecule has 0 aliphatic carbocycles. The van der Waals surface area contributed by atoms with Gasteiger partial charge in [0, 0.05) is 76.3 Å². The van der Waals surface area contributed by atoms with Crippen molar-refractivity contribution in [3.63, 3.8) is 0 Å². The van der Waals surface area contributed by atoms with Crippen LogP contribution in [0, 0.1) is 27.7 Å². The molecule has 12 rings (SSSR count). The third-order valence-corrected chi connectivity index (χ3v) is 17.3. The summed E-state index contributed by atoms with van der Waals surface area (Å²) in [6, 6.07) is 79.8. The molecule has 0 spiro atoms. The SMILES string of the molecule is Cc1ccccc1-c1ccc(-c2ccc(C(C)C)cc2)c[n+]1C.Cc1ccccc1-c1ccc(-c2ccc(C(C)C)cn2)c[n+]1C.[2H]C(C)(C)c1ccc(-c2ccc(-c3ccccc3C)[n+](C)c2)cc1.[2H]C([2H])([2H])C([2H])(C)c1ccc(-c2ccc(-c3ccccc3C)[n+](C)c2)cc1. The number of pyridine rings is 5. The lowest BCUT2D eigenvalue weighted by atomic mass is 9.98. The van der Waals surface area contributed by atoms with E-state index in [4.69, 9.17) is 6.85 Å². The number of aromatic nitrogens is 5. The van der Waals surface area contributed by atoms with E-state index in [2.05, 4.69) is 319 Å². The molecule has 464 valence electrons. The Morgan fingerprint density at radius 3 is 0.837 bits per heavy atom. The minimum absolute atomic E-state index is 0.493. The zero-order chi connectivity index (χ0) is 69.9. The molecule has 92 heavy (non-hydrogen) atoms. The predicted octanol–water partition coefficient (Wildman–Crippen LogP) is 20.5. The monoisotopic (exact) mass is 1210 g/mol. The summed E-state index contributed by atoms with van der Waals surface area (Å²) < 4.78 is 47.7. The van der Waals surface area contributed by atoms with E-state index < -0.39 is 18.6 Å². The van der Waals surface area contributed by atoms with Crippen molar-refractivity contribution in [3.8, 4) is 89.7 Å². The lowest BCUT2D eigenvalue weighted by molar-refractivity contribution is -0.660. The quantitative estimate of drug-likeness (QED) is 0.112. The summed E-state index contributed by atoms with van der Waals surface area (Å²) in [5.41, 5.74) is 28.2. The highest BCUT2D eigenvalue weighted by Gasteiger charge is 2.18. The minimum atomic E-state index is -2.36. The molecule has 0 saturated heterocycles. The van der Waals surface area contributed by atoms with Crippen LogP contribution in [0.4, 0.5) is 0 Å². The predicted molar refractivity (Wildman–Crippen MR) is 387 cm³/mol. The molecule has 0 amide bonds. The average molecular weight is 1220 g/mol. The maximum Gasteiger partial charge on any atom is 0.212 e. The molecule has 7 aromatic carbocycles. The topological polar surface area (TPSA) is 28.4 Å². The van der Waals surface area contributed by atoms with Crippen molar-refractivity contribution in [1.82, 2.24) is 4.98 Å². The van der Waals surface area contributed by atoms with Gasteiger partial charge in [-0.3, -0.25) is 4.98 Å². The third-order valence-electron chi connectivity index (χ3n) is 17.3. The fourth-order valence-electron chi connectivity index (χ4n) is 11.5. The summed E-state index contributed by atoms with van der Waals surface area (Å²) in [4.78, 5) is 4.62. The van der Waals surface area contributed by atoms with Gasteiger partial charge in [0.15, 0.2) is 24.8 Å². The Bertz CT molecular complexity index is 4500. The minimum Gasteiger partial charge on any atom is -0.256 e. The summed E-state index contributed by atoms with van der Waals surface area (Å²) in [6.45, 7) is 20.3. The smallest absolute Gasteiger partial charge is 0.212 e. The van der Waals surface area contributed by atoms with Crippen LogP contribution in [0.5, 0.6) is 0 Å². The standard InChI is InChI=1S/3C22H24N.C21H23N2/c3*1-16(2)18-9-11-19(12-10-18)20-13-14-22(23(4)15-20)21-8-6-5-7-17(21)3;1-15(2)17-9-11-20(22-13-17)18-10-12-21(23(4)14-18)19-8-6-5-7-16(19)3/h3*5-16H,1-4H3;5-15H,1-4H3/q4*+1/i1D3,16D;16D;;. The maximum atomic E-state index is 8.20. The molecule has 12 aromatic rings. The Morgan fingerprint density at radius 2 is 0.565 bits per heavy atom. The molecule has 5 aromatic heterocycles. The zero-order valence-electron chi connectivity index (χ0n) is 61.7. The first kappa shape index (κ1) is 59.9. The van der Waals surface area contributed by atoms with Crippen LogP contribution in [0.15, 0.2) is 262 Å². The van der Waals surface area contributed by atoms with Crippen LogP contribution < -0.4 is 18.3 Å². The van der Waals surface area contributed by atoms with Gasteiger partial charge in [0.2, 0.25) is 22.8 Å². The number of hydrogen-bond donors (Lipinski definition) is 0. The summed E-state index contributed by atoms with van der Waals surface area (Å²) in [5, 5.41) is 0. The lowest BCUT2D eigenvalue weighted by Crippen LogP contribution is -2.30. The first-order valence-electron chi connectivity index (χ1n) is 34.6. The average Bonchev–Trinajstić information content (AvgIpc) is 0.850. The molecule has 0 aliphatic rings. The van der Waals surface area contributed by atoms with Crippen molar-refractivity contribution >= 4 is 0 Å². The van der Waals surface area contributed by atoms with Crippen LogP contribution >= 0.6 is 0 Å². The van der Waals surface area contributed by atoms with Gasteiger partial charge in [0.25, 0.3) is 0 Å². The van der Waals surface area contributed by atoms with Crippen LogP contribution in [-0.2, 0) is 28.2 Å². The van der Waals surface area contributed by atoms with E-state index in [1.807, 2.05) is 51.4 Å². The fourth-order valence-corrected chi connectivity index (χ4v) is 11.5. The lowest BCUT2D eigenvalue weighted by Gasteiger charge is -2.08. The normalized spacial score (nSPS) is 12.7. The Labute approximate surface area is 557 Å². The molecular formula is C87H95N5+4. The van der Waals surface area contributed by atoms with Crippen LogP contribution in [0.3, 0.4) is 0 Å². The van der Waals surface area contributed by atoms with Gasteiger partial charge < -0.3 is 0 Å². The summed E-state index contributed by atoms with van der Waals surface area (Å²) in [6.07, 6.45) is 10.6. The second kappa shape index (κ2) is 30.9. The number of benzene rings is 7. The number of rotatable bonds is 12. The summed E-state index contributed by atoms with van der Waals surface area (Å²) in [5.74, 6) is -1.09. The number of hydrogen-bond acceptors (Lipinski definition) is 1. The highest BCUT2D eigenvalue weighted by molar-refractivity contribution is 5.70. The van der Waals surface area contributed by atoms with Gasteiger partial charge >= 0.3 is 0 Å². The molecule has 0 radical (unpaired) electrons. The van der Waals surface area contributed by atoms with Gasteiger partial charge in [-0.1, -0.05) is 207 Å². The Hall–Kier alpha value is -9.71. The van der Waals surface area contributed by atoms with E-state index in [0.29, 0.717) is 17.4 Å². The van der Waals surface area contributed by atoms with Crippen molar-refractivity contribution < 1.29 is 25.1 Å². The maximum absolute atomic E-state index is 8.20. The summed E-state index contributed by atoms with van der Waals surface area (Å²) in [7, 11) is 8.32. The Kier molecular flexibility index (Phi) is 20.1. The molecule has 1 atom stereocenters. The van der Waals surface area contributed by atoms with E-state index in [1.54, 1.807) is 12.1 Å². The number of aryl methyl sites for hydroxylation is 8. The van der Waals surface area contributed by atoms with E-state index in [1.165, 1.54) is 102 Å². The van der Waals surface area contributed by atoms with Crippen LogP contribution in [0.2, 0.25) is 0 Å². The third kappa shape index (κ3) is 16.6. The molecule has 1 unspecified atom stereocenters. The van der Waals surface area contributed by atoms with E-state index >= 15 is 0 Å². The molecule has 0 aliphatic heterocycles. The van der Waals surface area contributed by atoms with E-state index in [-0.39, 0.29) is 0 Å². The fraction of sp³-hybridized carbons (Fsp3) is 0.230. The summed E-state index contributed by atoms with van der Waals surface area (Å²) >= 11 is 0. The first-order valence-corrected chi connectivity index (χ1v) is 32.1. The van der Waals surface area contributed by atoms with Crippen LogP contribution in [0.1, 0.15) is 130 Å². The molecule has 0 saturated carbocycles. The highest BCUT2D eigenvalue weighted by Crippen LogP contribution is 2.30. The van der Waals surface area contributed by atoms with Gasteiger partial charge in [0.05, 0.1) is 11.3 Å². The van der Waals surface area contributed by atoms with E-state index in [0.717, 1.165) is 33.6 Å². The zero-order valence-corrected chi connectivity index (χ0v) is 56.7. The molecule has 5 nitrogen and oxygen atoms in total. The molecular weight excluding hydrogens is 1110 g/mol. The van der Waals surface area contributed by atoms with Crippen molar-refractivity contribution in [2.75, 3.05) is 0 Å². The van der Waals surface area contributed by atoms with Crippen molar-refractivity contribution in [3.05, 3.63) is 306 Å². The Morgan fingerprint density at radius 1 is 0.293 bits per heavy atom. The first-order chi connectivity index (χ1) is 46.1. The van der Waals surface area contributed by atoms with E-state index in [9.17, 15) is 0 Å². The largest absolute Gasteiger partial charge is 0.256 e. The van der Waals surface area contributed by atoms with Gasteiger partial charge in [-0.05, 0) is 167 Å². The molecule has 0 fully saturated rings.